The highest BCUT2D eigenvalue weighted by Gasteiger charge is 2.28. The Kier molecular flexibility index (Phi) is 8.84. The molecule has 1 fully saturated rings. The minimum Gasteiger partial charge on any atom is -0.496 e. The van der Waals surface area contributed by atoms with Crippen molar-refractivity contribution >= 4 is 23.4 Å². The average Bonchev–Trinajstić information content (AvgIpc) is 2.70. The number of likely N-dealkylation sites (tertiary alicyclic amines) is 1. The van der Waals surface area contributed by atoms with Crippen molar-refractivity contribution in [2.45, 2.75) is 12.8 Å². The summed E-state index contributed by atoms with van der Waals surface area (Å²) in [5, 5.41) is 6.63. The molecule has 27 heavy (non-hydrogen) atoms. The molecule has 2 rings (SSSR count). The number of ether oxygens (including phenoxy) is 2. The van der Waals surface area contributed by atoms with Gasteiger partial charge in [0.1, 0.15) is 5.75 Å². The number of carbonyl (C=O) groups excluding carboxylic acids is 2. The molecule has 0 bridgehead atoms. The lowest BCUT2D eigenvalue weighted by atomic mass is 9.95. The van der Waals surface area contributed by atoms with Gasteiger partial charge in [-0.25, -0.2) is 0 Å². The van der Waals surface area contributed by atoms with E-state index in [1.807, 2.05) is 0 Å². The van der Waals surface area contributed by atoms with Crippen molar-refractivity contribution in [1.82, 2.24) is 15.5 Å². The summed E-state index contributed by atoms with van der Waals surface area (Å²) in [4.78, 5) is 26.8. The van der Waals surface area contributed by atoms with Gasteiger partial charge in [0.25, 0.3) is 5.91 Å². The third kappa shape index (κ3) is 6.37. The summed E-state index contributed by atoms with van der Waals surface area (Å²) in [7, 11) is 3.18. The Balaban J connectivity index is 1.78. The van der Waals surface area contributed by atoms with Crippen molar-refractivity contribution in [2.75, 3.05) is 53.6 Å². The van der Waals surface area contributed by atoms with E-state index >= 15 is 0 Å². The first-order chi connectivity index (χ1) is 13.1. The van der Waals surface area contributed by atoms with Crippen molar-refractivity contribution in [1.29, 1.82) is 0 Å². The number of rotatable bonds is 9. The van der Waals surface area contributed by atoms with Gasteiger partial charge in [0, 0.05) is 50.8 Å². The number of hydrogen-bond acceptors (Lipinski definition) is 5. The maximum Gasteiger partial charge on any atom is 0.257 e. The Morgan fingerprint density at radius 2 is 1.93 bits per heavy atom. The Hall–Kier alpha value is -1.83. The molecule has 2 N–H and O–H groups in total. The average molecular weight is 398 g/mol. The number of piperidine rings is 1. The molecule has 1 heterocycles. The van der Waals surface area contributed by atoms with Crippen LogP contribution in [0.3, 0.4) is 0 Å². The van der Waals surface area contributed by atoms with Crippen LogP contribution in [0.1, 0.15) is 23.2 Å². The van der Waals surface area contributed by atoms with Gasteiger partial charge in [-0.1, -0.05) is 11.6 Å². The van der Waals surface area contributed by atoms with E-state index < -0.39 is 0 Å². The Morgan fingerprint density at radius 1 is 1.19 bits per heavy atom. The van der Waals surface area contributed by atoms with Gasteiger partial charge < -0.3 is 25.0 Å². The van der Waals surface area contributed by atoms with Crippen LogP contribution < -0.4 is 15.4 Å². The molecule has 1 aliphatic heterocycles. The summed E-state index contributed by atoms with van der Waals surface area (Å²) >= 11 is 6.02. The van der Waals surface area contributed by atoms with E-state index in [0.29, 0.717) is 62.0 Å². The number of nitrogens with one attached hydrogen (secondary N) is 2. The SMILES string of the molecule is COCCNCCNC(=O)C1CCN(C(=O)c2cc(Cl)ccc2OC)CC1. The molecule has 0 spiro atoms. The van der Waals surface area contributed by atoms with Crippen LogP contribution in [-0.4, -0.2) is 70.3 Å². The molecule has 1 aromatic carbocycles. The molecule has 1 saturated heterocycles. The monoisotopic (exact) mass is 397 g/mol. The highest BCUT2D eigenvalue weighted by molar-refractivity contribution is 6.31. The number of nitrogens with zero attached hydrogens (tertiary/aromatic N) is 1. The molecule has 0 aliphatic carbocycles. The first-order valence-electron chi connectivity index (χ1n) is 9.17. The van der Waals surface area contributed by atoms with E-state index in [9.17, 15) is 9.59 Å². The molecule has 0 radical (unpaired) electrons. The number of benzene rings is 1. The van der Waals surface area contributed by atoms with Crippen LogP contribution in [0.5, 0.6) is 5.75 Å². The standard InChI is InChI=1S/C19H28ClN3O4/c1-26-12-9-21-7-8-22-18(24)14-5-10-23(11-6-14)19(25)16-13-15(20)3-4-17(16)27-2/h3-4,13-14,21H,5-12H2,1-2H3,(H,22,24). The van der Waals surface area contributed by atoms with Crippen molar-refractivity contribution < 1.29 is 19.1 Å². The Bertz CT molecular complexity index is 633. The van der Waals surface area contributed by atoms with Gasteiger partial charge in [0.2, 0.25) is 5.91 Å². The van der Waals surface area contributed by atoms with Crippen molar-refractivity contribution in [3.8, 4) is 5.75 Å². The second kappa shape index (κ2) is 11.1. The summed E-state index contributed by atoms with van der Waals surface area (Å²) in [5.41, 5.74) is 0.454. The molecule has 7 nitrogen and oxygen atoms in total. The number of amides is 2. The highest BCUT2D eigenvalue weighted by Crippen LogP contribution is 2.26. The predicted octanol–water partition coefficient (Wildman–Crippen LogP) is 1.55. The fourth-order valence-corrected chi connectivity index (χ4v) is 3.25. The Labute approximate surface area is 165 Å². The van der Waals surface area contributed by atoms with Gasteiger partial charge in [-0.3, -0.25) is 9.59 Å². The Morgan fingerprint density at radius 3 is 2.59 bits per heavy atom. The van der Waals surface area contributed by atoms with E-state index in [-0.39, 0.29) is 17.7 Å². The molecule has 1 aromatic rings. The number of halogens is 1. The first-order valence-corrected chi connectivity index (χ1v) is 9.54. The lowest BCUT2D eigenvalue weighted by molar-refractivity contribution is -0.126. The second-order valence-electron chi connectivity index (χ2n) is 6.44. The molecular weight excluding hydrogens is 370 g/mol. The van der Waals surface area contributed by atoms with Crippen LogP contribution in [0.25, 0.3) is 0 Å². The lowest BCUT2D eigenvalue weighted by Crippen LogP contribution is -2.44. The fraction of sp³-hybridized carbons (Fsp3) is 0.579. The molecule has 0 unspecified atom stereocenters. The summed E-state index contributed by atoms with van der Waals surface area (Å²) in [6, 6.07) is 5.01. The van der Waals surface area contributed by atoms with Gasteiger partial charge in [-0.15, -0.1) is 0 Å². The minimum atomic E-state index is -0.115. The molecule has 8 heteroatoms. The van der Waals surface area contributed by atoms with Crippen molar-refractivity contribution in [3.63, 3.8) is 0 Å². The fourth-order valence-electron chi connectivity index (χ4n) is 3.08. The molecule has 2 amide bonds. The zero-order valence-corrected chi connectivity index (χ0v) is 16.7. The maximum atomic E-state index is 12.8. The van der Waals surface area contributed by atoms with Crippen LogP contribution in [0.15, 0.2) is 18.2 Å². The third-order valence-corrected chi connectivity index (χ3v) is 4.86. The molecule has 0 aromatic heterocycles. The number of carbonyl (C=O) groups is 2. The van der Waals surface area contributed by atoms with E-state index in [2.05, 4.69) is 10.6 Å². The van der Waals surface area contributed by atoms with Crippen molar-refractivity contribution in [2.24, 2.45) is 5.92 Å². The maximum absolute atomic E-state index is 12.8. The summed E-state index contributed by atoms with van der Waals surface area (Å²) in [6.45, 7) is 3.79. The van der Waals surface area contributed by atoms with Crippen LogP contribution in [0, 0.1) is 5.92 Å². The minimum absolute atomic E-state index is 0.0518. The van der Waals surface area contributed by atoms with Gasteiger partial charge in [-0.2, -0.15) is 0 Å². The van der Waals surface area contributed by atoms with Gasteiger partial charge in [-0.05, 0) is 31.0 Å². The zero-order valence-electron chi connectivity index (χ0n) is 15.9. The third-order valence-electron chi connectivity index (χ3n) is 4.63. The largest absolute Gasteiger partial charge is 0.496 e. The number of methoxy groups -OCH3 is 2. The summed E-state index contributed by atoms with van der Waals surface area (Å²) in [6.07, 6.45) is 1.30. The summed E-state index contributed by atoms with van der Waals surface area (Å²) < 4.78 is 10.2. The molecule has 150 valence electrons. The smallest absolute Gasteiger partial charge is 0.257 e. The van der Waals surface area contributed by atoms with E-state index in [1.54, 1.807) is 30.2 Å². The van der Waals surface area contributed by atoms with Crippen LogP contribution in [0.2, 0.25) is 5.02 Å². The topological polar surface area (TPSA) is 79.9 Å². The van der Waals surface area contributed by atoms with Crippen LogP contribution in [0.4, 0.5) is 0 Å². The molecular formula is C19H28ClN3O4. The highest BCUT2D eigenvalue weighted by atomic mass is 35.5. The van der Waals surface area contributed by atoms with E-state index in [0.717, 1.165) is 6.54 Å². The summed E-state index contributed by atoms with van der Waals surface area (Å²) in [5.74, 6) is 0.381. The second-order valence-corrected chi connectivity index (χ2v) is 6.88. The van der Waals surface area contributed by atoms with Gasteiger partial charge in [0.05, 0.1) is 19.3 Å². The number of hydrogen-bond donors (Lipinski definition) is 2. The molecule has 0 saturated carbocycles. The van der Waals surface area contributed by atoms with Crippen molar-refractivity contribution in [3.05, 3.63) is 28.8 Å². The van der Waals surface area contributed by atoms with Gasteiger partial charge >= 0.3 is 0 Å². The molecule has 1 aliphatic rings. The quantitative estimate of drug-likeness (QED) is 0.618. The first kappa shape index (κ1) is 21.5. The lowest BCUT2D eigenvalue weighted by Gasteiger charge is -2.31. The molecule has 0 atom stereocenters. The van der Waals surface area contributed by atoms with E-state index in [4.69, 9.17) is 21.1 Å². The van der Waals surface area contributed by atoms with Crippen LogP contribution >= 0.6 is 11.6 Å². The predicted molar refractivity (Wildman–Crippen MR) is 104 cm³/mol. The van der Waals surface area contributed by atoms with E-state index in [1.165, 1.54) is 7.11 Å². The van der Waals surface area contributed by atoms with Gasteiger partial charge in [0.15, 0.2) is 0 Å². The zero-order chi connectivity index (χ0) is 19.6. The normalized spacial score (nSPS) is 14.9. The van der Waals surface area contributed by atoms with Crippen LogP contribution in [-0.2, 0) is 9.53 Å².